The van der Waals surface area contributed by atoms with Crippen molar-refractivity contribution in [3.05, 3.63) is 48.0 Å². The predicted molar refractivity (Wildman–Crippen MR) is 96.1 cm³/mol. The molecule has 1 saturated carbocycles. The molecule has 1 fully saturated rings. The molecule has 1 aliphatic rings. The molecule has 25 heavy (non-hydrogen) atoms. The highest BCUT2D eigenvalue weighted by Gasteiger charge is 2.29. The number of carbonyl (C=O) groups excluding carboxylic acids is 1. The molecule has 7 nitrogen and oxygen atoms in total. The average molecular weight is 342 g/mol. The number of likely N-dealkylation sites (N-methyl/N-ethyl adjacent to an activating group) is 1. The topological polar surface area (TPSA) is 75.1 Å². The van der Waals surface area contributed by atoms with Crippen LogP contribution in [0.25, 0.3) is 0 Å². The normalized spacial score (nSPS) is 15.2. The molecule has 2 N–H and O–H groups in total. The average Bonchev–Trinajstić information content (AvgIpc) is 3.35. The maximum atomic E-state index is 12.0. The van der Waals surface area contributed by atoms with Gasteiger partial charge in [0.2, 0.25) is 0 Å². The summed E-state index contributed by atoms with van der Waals surface area (Å²) < 4.78 is 1.77. The molecule has 0 bridgehead atoms. The van der Waals surface area contributed by atoms with Crippen LogP contribution in [0, 0.1) is 0 Å². The van der Waals surface area contributed by atoms with Crippen LogP contribution in [0.1, 0.15) is 30.9 Å². The number of amides is 2. The Morgan fingerprint density at radius 1 is 1.36 bits per heavy atom. The zero-order chi connectivity index (χ0) is 17.6. The van der Waals surface area contributed by atoms with Crippen LogP contribution in [0.15, 0.2) is 36.9 Å². The summed E-state index contributed by atoms with van der Waals surface area (Å²) in [5, 5.41) is 9.98. The van der Waals surface area contributed by atoms with Crippen LogP contribution >= 0.6 is 0 Å². The summed E-state index contributed by atoms with van der Waals surface area (Å²) in [7, 11) is 2.13. The lowest BCUT2D eigenvalue weighted by molar-refractivity contribution is 0.222. The summed E-state index contributed by atoms with van der Waals surface area (Å²) in [6.45, 7) is 3.98. The van der Waals surface area contributed by atoms with Crippen LogP contribution in [-0.2, 0) is 13.1 Å². The zero-order valence-corrected chi connectivity index (χ0v) is 14.9. The van der Waals surface area contributed by atoms with E-state index in [1.54, 1.807) is 11.0 Å². The number of nitrogens with zero attached hydrogens (tertiary/aromatic N) is 4. The Hall–Kier alpha value is -2.41. The zero-order valence-electron chi connectivity index (χ0n) is 14.9. The standard InChI is InChI=1S/C18H26N6O/c1-14(23(2)17-6-7-17)9-20-18(25)21-10-15-4-3-5-16(8-15)11-24-13-19-12-22-24/h3-5,8,12-14,17H,6-7,9-11H2,1-2H3,(H2,20,21,25). The summed E-state index contributed by atoms with van der Waals surface area (Å²) in [5.74, 6) is 0. The summed E-state index contributed by atoms with van der Waals surface area (Å²) in [4.78, 5) is 18.3. The van der Waals surface area contributed by atoms with Gasteiger partial charge in [0, 0.05) is 25.2 Å². The smallest absolute Gasteiger partial charge is 0.315 e. The SMILES string of the molecule is CC(CNC(=O)NCc1cccc(Cn2cncn2)c1)N(C)C1CC1. The second-order valence-electron chi connectivity index (χ2n) is 6.72. The van der Waals surface area contributed by atoms with E-state index in [1.807, 2.05) is 18.2 Å². The van der Waals surface area contributed by atoms with Crippen LogP contribution in [0.3, 0.4) is 0 Å². The molecule has 2 aromatic rings. The highest BCUT2D eigenvalue weighted by Crippen LogP contribution is 2.26. The van der Waals surface area contributed by atoms with E-state index < -0.39 is 0 Å². The number of hydrogen-bond acceptors (Lipinski definition) is 4. The summed E-state index contributed by atoms with van der Waals surface area (Å²) in [6, 6.07) is 9.05. The molecular weight excluding hydrogens is 316 g/mol. The molecule has 3 rings (SSSR count). The Morgan fingerprint density at radius 3 is 2.88 bits per heavy atom. The van der Waals surface area contributed by atoms with Gasteiger partial charge in [-0.2, -0.15) is 5.10 Å². The molecule has 2 amide bonds. The monoisotopic (exact) mass is 342 g/mol. The van der Waals surface area contributed by atoms with E-state index in [2.05, 4.69) is 45.7 Å². The van der Waals surface area contributed by atoms with Gasteiger partial charge in [0.15, 0.2) is 0 Å². The first-order valence-corrected chi connectivity index (χ1v) is 8.75. The molecular formula is C18H26N6O. The summed E-state index contributed by atoms with van der Waals surface area (Å²) in [6.07, 6.45) is 5.77. The van der Waals surface area contributed by atoms with Gasteiger partial charge in [0.05, 0.1) is 6.54 Å². The van der Waals surface area contributed by atoms with Crippen LogP contribution in [0.4, 0.5) is 4.79 Å². The van der Waals surface area contributed by atoms with E-state index in [1.165, 1.54) is 19.2 Å². The van der Waals surface area contributed by atoms with Crippen molar-refractivity contribution in [3.63, 3.8) is 0 Å². The van der Waals surface area contributed by atoms with Crippen molar-refractivity contribution in [2.45, 2.75) is 44.9 Å². The molecule has 7 heteroatoms. The van der Waals surface area contributed by atoms with Gasteiger partial charge in [-0.25, -0.2) is 14.5 Å². The third-order valence-corrected chi connectivity index (χ3v) is 4.63. The summed E-state index contributed by atoms with van der Waals surface area (Å²) >= 11 is 0. The molecule has 134 valence electrons. The second kappa shape index (κ2) is 8.11. The Balaban J connectivity index is 1.42. The lowest BCUT2D eigenvalue weighted by atomic mass is 10.1. The van der Waals surface area contributed by atoms with Gasteiger partial charge >= 0.3 is 6.03 Å². The molecule has 1 heterocycles. The molecule has 1 unspecified atom stereocenters. The second-order valence-corrected chi connectivity index (χ2v) is 6.72. The molecule has 1 aromatic carbocycles. The van der Waals surface area contributed by atoms with E-state index in [9.17, 15) is 4.79 Å². The van der Waals surface area contributed by atoms with E-state index in [4.69, 9.17) is 0 Å². The van der Waals surface area contributed by atoms with E-state index in [0.717, 1.165) is 11.1 Å². The first kappa shape index (κ1) is 17.4. The van der Waals surface area contributed by atoms with Gasteiger partial charge < -0.3 is 10.6 Å². The summed E-state index contributed by atoms with van der Waals surface area (Å²) in [5.41, 5.74) is 2.20. The molecule has 1 atom stereocenters. The minimum Gasteiger partial charge on any atom is -0.337 e. The van der Waals surface area contributed by atoms with Gasteiger partial charge in [0.1, 0.15) is 12.7 Å². The van der Waals surface area contributed by atoms with Crippen molar-refractivity contribution in [3.8, 4) is 0 Å². The number of rotatable bonds is 8. The fraction of sp³-hybridized carbons (Fsp3) is 0.500. The minimum absolute atomic E-state index is 0.127. The fourth-order valence-corrected chi connectivity index (χ4v) is 2.81. The van der Waals surface area contributed by atoms with Crippen LogP contribution in [0.5, 0.6) is 0 Å². The number of benzene rings is 1. The Kier molecular flexibility index (Phi) is 5.65. The maximum Gasteiger partial charge on any atom is 0.315 e. The van der Waals surface area contributed by atoms with Crippen molar-refractivity contribution >= 4 is 6.03 Å². The van der Waals surface area contributed by atoms with Crippen molar-refractivity contribution < 1.29 is 4.79 Å². The molecule has 0 saturated heterocycles. The number of aromatic nitrogens is 3. The molecule has 0 aliphatic heterocycles. The van der Waals surface area contributed by atoms with Gasteiger partial charge in [-0.05, 0) is 37.9 Å². The lowest BCUT2D eigenvalue weighted by Crippen LogP contribution is -2.44. The first-order valence-electron chi connectivity index (χ1n) is 8.75. The van der Waals surface area contributed by atoms with Gasteiger partial charge in [-0.3, -0.25) is 4.90 Å². The minimum atomic E-state index is -0.127. The van der Waals surface area contributed by atoms with Crippen LogP contribution in [-0.4, -0.2) is 51.4 Å². The molecule has 1 aliphatic carbocycles. The van der Waals surface area contributed by atoms with Crippen LogP contribution in [0.2, 0.25) is 0 Å². The third-order valence-electron chi connectivity index (χ3n) is 4.63. The van der Waals surface area contributed by atoms with E-state index >= 15 is 0 Å². The number of urea groups is 1. The van der Waals surface area contributed by atoms with Gasteiger partial charge in [-0.1, -0.05) is 24.3 Å². The fourth-order valence-electron chi connectivity index (χ4n) is 2.81. The number of carbonyl (C=O) groups is 1. The van der Waals surface area contributed by atoms with Crippen molar-refractivity contribution in [2.24, 2.45) is 0 Å². The predicted octanol–water partition coefficient (Wildman–Crippen LogP) is 1.61. The highest BCUT2D eigenvalue weighted by atomic mass is 16.2. The quantitative estimate of drug-likeness (QED) is 0.764. The highest BCUT2D eigenvalue weighted by molar-refractivity contribution is 5.73. The van der Waals surface area contributed by atoms with Crippen molar-refractivity contribution in [1.29, 1.82) is 0 Å². The number of nitrogens with one attached hydrogen (secondary N) is 2. The Bertz CT molecular complexity index is 683. The van der Waals surface area contributed by atoms with Crippen molar-refractivity contribution in [2.75, 3.05) is 13.6 Å². The largest absolute Gasteiger partial charge is 0.337 e. The lowest BCUT2D eigenvalue weighted by Gasteiger charge is -2.24. The Morgan fingerprint density at radius 2 is 2.16 bits per heavy atom. The molecule has 0 radical (unpaired) electrons. The maximum absolute atomic E-state index is 12.0. The van der Waals surface area contributed by atoms with Gasteiger partial charge in [0.25, 0.3) is 0 Å². The Labute approximate surface area is 148 Å². The van der Waals surface area contributed by atoms with E-state index in [0.29, 0.717) is 31.7 Å². The van der Waals surface area contributed by atoms with Gasteiger partial charge in [-0.15, -0.1) is 0 Å². The molecule has 0 spiro atoms. The van der Waals surface area contributed by atoms with Crippen LogP contribution < -0.4 is 10.6 Å². The number of hydrogen-bond donors (Lipinski definition) is 2. The van der Waals surface area contributed by atoms with Crippen molar-refractivity contribution in [1.82, 2.24) is 30.3 Å². The molecule has 1 aromatic heterocycles. The third kappa shape index (κ3) is 5.29. The van der Waals surface area contributed by atoms with E-state index in [-0.39, 0.29) is 6.03 Å². The first-order chi connectivity index (χ1) is 12.1.